The summed E-state index contributed by atoms with van der Waals surface area (Å²) in [6.45, 7) is 3.59. The van der Waals surface area contributed by atoms with Crippen molar-refractivity contribution in [3.05, 3.63) is 66.4 Å². The fraction of sp³-hybridized carbons (Fsp3) is 0.273. The first-order chi connectivity index (χ1) is 13.7. The van der Waals surface area contributed by atoms with Gasteiger partial charge in [0.2, 0.25) is 5.91 Å². The predicted molar refractivity (Wildman–Crippen MR) is 106 cm³/mol. The second-order valence-corrected chi connectivity index (χ2v) is 6.89. The van der Waals surface area contributed by atoms with Crippen LogP contribution in [0, 0.1) is 12.8 Å². The molecule has 1 saturated heterocycles. The Bertz CT molecular complexity index is 952. The van der Waals surface area contributed by atoms with E-state index in [-0.39, 0.29) is 11.8 Å². The molecule has 3 heterocycles. The van der Waals surface area contributed by atoms with Gasteiger partial charge in [0.25, 0.3) is 0 Å². The van der Waals surface area contributed by atoms with Crippen LogP contribution in [-0.4, -0.2) is 34.1 Å². The van der Waals surface area contributed by atoms with Gasteiger partial charge in [-0.25, -0.2) is 9.97 Å². The summed E-state index contributed by atoms with van der Waals surface area (Å²) in [6.07, 6.45) is 6.18. The lowest BCUT2D eigenvalue weighted by atomic mass is 10.0. The maximum absolute atomic E-state index is 12.1. The fourth-order valence-electron chi connectivity index (χ4n) is 3.29. The first-order valence-corrected chi connectivity index (χ1v) is 9.39. The van der Waals surface area contributed by atoms with Gasteiger partial charge in [-0.1, -0.05) is 24.3 Å². The number of hydrogen-bond donors (Lipinski definition) is 1. The van der Waals surface area contributed by atoms with Crippen molar-refractivity contribution in [2.24, 2.45) is 5.92 Å². The fourth-order valence-corrected chi connectivity index (χ4v) is 3.29. The molecule has 1 atom stereocenters. The molecule has 28 heavy (non-hydrogen) atoms. The first-order valence-electron chi connectivity index (χ1n) is 9.39. The number of ether oxygens (including phenoxy) is 1. The average Bonchev–Trinajstić information content (AvgIpc) is 3.28. The van der Waals surface area contributed by atoms with E-state index in [1.807, 2.05) is 49.5 Å². The molecule has 0 radical (unpaired) electrons. The summed E-state index contributed by atoms with van der Waals surface area (Å²) in [7, 11) is 0. The Kier molecular flexibility index (Phi) is 5.39. The Balaban J connectivity index is 1.52. The highest BCUT2D eigenvalue weighted by Crippen LogP contribution is 2.29. The standard InChI is InChI=1S/C22H22N4O2/c1-15-24-13-20(17-6-9-23-10-7-17)21(26-15)18-4-2-16(3-5-18)12-25-22(27)19-8-11-28-14-19/h2-7,9-10,13,19H,8,11-12,14H2,1H3,(H,25,27). The van der Waals surface area contributed by atoms with Gasteiger partial charge in [-0.05, 0) is 36.6 Å². The van der Waals surface area contributed by atoms with Crippen molar-refractivity contribution in [3.8, 4) is 22.4 Å². The summed E-state index contributed by atoms with van der Waals surface area (Å²) in [5.41, 5.74) is 4.94. The van der Waals surface area contributed by atoms with Crippen LogP contribution in [0.4, 0.5) is 0 Å². The molecule has 142 valence electrons. The predicted octanol–water partition coefficient (Wildman–Crippen LogP) is 3.17. The lowest BCUT2D eigenvalue weighted by molar-refractivity contribution is -0.125. The second kappa shape index (κ2) is 8.27. The molecule has 1 aliphatic rings. The highest BCUT2D eigenvalue weighted by Gasteiger charge is 2.23. The lowest BCUT2D eigenvalue weighted by Gasteiger charge is -2.12. The van der Waals surface area contributed by atoms with Crippen LogP contribution in [-0.2, 0) is 16.1 Å². The van der Waals surface area contributed by atoms with Crippen LogP contribution in [0.2, 0.25) is 0 Å². The molecular formula is C22H22N4O2. The average molecular weight is 374 g/mol. The van der Waals surface area contributed by atoms with Crippen molar-refractivity contribution in [2.75, 3.05) is 13.2 Å². The van der Waals surface area contributed by atoms with E-state index in [9.17, 15) is 4.79 Å². The molecule has 1 amide bonds. The topological polar surface area (TPSA) is 77.0 Å². The molecule has 1 fully saturated rings. The molecule has 1 unspecified atom stereocenters. The molecule has 1 N–H and O–H groups in total. The van der Waals surface area contributed by atoms with Crippen LogP contribution < -0.4 is 5.32 Å². The van der Waals surface area contributed by atoms with E-state index in [1.54, 1.807) is 12.4 Å². The molecule has 6 heteroatoms. The van der Waals surface area contributed by atoms with Crippen LogP contribution in [0.3, 0.4) is 0 Å². The lowest BCUT2D eigenvalue weighted by Crippen LogP contribution is -2.30. The summed E-state index contributed by atoms with van der Waals surface area (Å²) < 4.78 is 5.28. The molecule has 1 aliphatic heterocycles. The van der Waals surface area contributed by atoms with Crippen LogP contribution in [0.5, 0.6) is 0 Å². The Morgan fingerprint density at radius 2 is 1.93 bits per heavy atom. The zero-order chi connectivity index (χ0) is 19.3. The molecule has 6 nitrogen and oxygen atoms in total. The van der Waals surface area contributed by atoms with Crippen molar-refractivity contribution < 1.29 is 9.53 Å². The molecule has 0 aliphatic carbocycles. The highest BCUT2D eigenvalue weighted by molar-refractivity contribution is 5.80. The maximum Gasteiger partial charge on any atom is 0.225 e. The minimum Gasteiger partial charge on any atom is -0.381 e. The monoisotopic (exact) mass is 374 g/mol. The summed E-state index contributed by atoms with van der Waals surface area (Å²) >= 11 is 0. The van der Waals surface area contributed by atoms with Gasteiger partial charge in [0.15, 0.2) is 0 Å². The molecule has 2 aromatic heterocycles. The Hall–Kier alpha value is -3.12. The molecule has 0 spiro atoms. The minimum atomic E-state index is -0.0220. The van der Waals surface area contributed by atoms with Crippen molar-refractivity contribution in [1.29, 1.82) is 0 Å². The minimum absolute atomic E-state index is 0.0220. The molecular weight excluding hydrogens is 352 g/mol. The quantitative estimate of drug-likeness (QED) is 0.742. The van der Waals surface area contributed by atoms with E-state index in [0.29, 0.717) is 19.8 Å². The normalized spacial score (nSPS) is 16.1. The number of pyridine rings is 1. The van der Waals surface area contributed by atoms with Gasteiger partial charge in [0.1, 0.15) is 5.82 Å². The molecule has 1 aromatic carbocycles. The van der Waals surface area contributed by atoms with Crippen LogP contribution in [0.25, 0.3) is 22.4 Å². The summed E-state index contributed by atoms with van der Waals surface area (Å²) in [5.74, 6) is 0.766. The number of carbonyl (C=O) groups is 1. The number of aromatic nitrogens is 3. The Morgan fingerprint density at radius 3 is 2.64 bits per heavy atom. The van der Waals surface area contributed by atoms with Crippen LogP contribution >= 0.6 is 0 Å². The molecule has 4 rings (SSSR count). The van der Waals surface area contributed by atoms with Gasteiger partial charge in [0, 0.05) is 42.9 Å². The Labute approximate surface area is 164 Å². The largest absolute Gasteiger partial charge is 0.381 e. The third-order valence-corrected chi connectivity index (χ3v) is 4.90. The maximum atomic E-state index is 12.1. The number of hydrogen-bond acceptors (Lipinski definition) is 5. The number of benzene rings is 1. The first kappa shape index (κ1) is 18.3. The zero-order valence-electron chi connectivity index (χ0n) is 15.8. The van der Waals surface area contributed by atoms with E-state index in [4.69, 9.17) is 4.74 Å². The third kappa shape index (κ3) is 4.07. The SMILES string of the molecule is Cc1ncc(-c2ccncc2)c(-c2ccc(CNC(=O)C3CCOC3)cc2)n1. The number of aryl methyl sites for hydroxylation is 1. The van der Waals surface area contributed by atoms with Gasteiger partial charge in [-0.2, -0.15) is 0 Å². The molecule has 3 aromatic rings. The van der Waals surface area contributed by atoms with Gasteiger partial charge in [-0.3, -0.25) is 9.78 Å². The van der Waals surface area contributed by atoms with Gasteiger partial charge < -0.3 is 10.1 Å². The van der Waals surface area contributed by atoms with Crippen LogP contribution in [0.1, 0.15) is 17.8 Å². The van der Waals surface area contributed by atoms with E-state index in [1.165, 1.54) is 0 Å². The van der Waals surface area contributed by atoms with Crippen LogP contribution in [0.15, 0.2) is 55.0 Å². The highest BCUT2D eigenvalue weighted by atomic mass is 16.5. The third-order valence-electron chi connectivity index (χ3n) is 4.90. The number of nitrogens with zero attached hydrogens (tertiary/aromatic N) is 3. The summed E-state index contributed by atoms with van der Waals surface area (Å²) in [6, 6.07) is 12.0. The number of rotatable bonds is 5. The van der Waals surface area contributed by atoms with Gasteiger partial charge in [0.05, 0.1) is 18.2 Å². The van der Waals surface area contributed by atoms with E-state index < -0.39 is 0 Å². The second-order valence-electron chi connectivity index (χ2n) is 6.89. The van der Waals surface area contributed by atoms with Crippen molar-refractivity contribution in [2.45, 2.75) is 19.9 Å². The van der Waals surface area contributed by atoms with Gasteiger partial charge in [-0.15, -0.1) is 0 Å². The smallest absolute Gasteiger partial charge is 0.225 e. The van der Waals surface area contributed by atoms with E-state index in [0.717, 1.165) is 40.2 Å². The Morgan fingerprint density at radius 1 is 1.14 bits per heavy atom. The number of amides is 1. The van der Waals surface area contributed by atoms with Crippen molar-refractivity contribution in [3.63, 3.8) is 0 Å². The summed E-state index contributed by atoms with van der Waals surface area (Å²) in [5, 5.41) is 2.99. The summed E-state index contributed by atoms with van der Waals surface area (Å²) in [4.78, 5) is 25.2. The molecule has 0 bridgehead atoms. The van der Waals surface area contributed by atoms with E-state index in [2.05, 4.69) is 20.3 Å². The van der Waals surface area contributed by atoms with E-state index >= 15 is 0 Å². The van der Waals surface area contributed by atoms with Crippen molar-refractivity contribution >= 4 is 5.91 Å². The zero-order valence-corrected chi connectivity index (χ0v) is 15.8. The number of carbonyl (C=O) groups excluding carboxylic acids is 1. The van der Waals surface area contributed by atoms with Gasteiger partial charge >= 0.3 is 0 Å². The van der Waals surface area contributed by atoms with Crippen molar-refractivity contribution in [1.82, 2.24) is 20.3 Å². The molecule has 0 saturated carbocycles. The number of nitrogens with one attached hydrogen (secondary N) is 1.